The number of nitrogens with zero attached hydrogens (tertiary/aromatic N) is 3. The van der Waals surface area contributed by atoms with Gasteiger partial charge in [0, 0.05) is 19.0 Å². The summed E-state index contributed by atoms with van der Waals surface area (Å²) in [4.78, 5) is 7.12. The van der Waals surface area contributed by atoms with E-state index in [-0.39, 0.29) is 11.7 Å². The largest absolute Gasteiger partial charge is 0.376 e. The molecule has 4 rings (SSSR count). The molecular weight excluding hydrogens is 414 g/mol. The van der Waals surface area contributed by atoms with Gasteiger partial charge in [-0.25, -0.2) is 8.42 Å². The van der Waals surface area contributed by atoms with Crippen molar-refractivity contribution in [1.29, 1.82) is 0 Å². The highest BCUT2D eigenvalue weighted by Gasteiger charge is 2.43. The summed E-state index contributed by atoms with van der Waals surface area (Å²) in [7, 11) is -3.14. The van der Waals surface area contributed by atoms with Crippen LogP contribution in [0.4, 0.5) is 6.01 Å². The standard InChI is InChI=1S/C23H33N3O4S/c1-4-31(27,28)20-7-5-17(6-8-20)14-29-15-19-13-21(19)18-9-11-26(12-10-18)23-24-22(16(2)3)25-30-23/h5-8,16,18-19,21H,4,9-15H2,1-3H3/t19-,21+/m0/s1. The summed E-state index contributed by atoms with van der Waals surface area (Å²) >= 11 is 0. The van der Waals surface area contributed by atoms with Crippen LogP contribution < -0.4 is 4.90 Å². The molecule has 1 saturated carbocycles. The van der Waals surface area contributed by atoms with E-state index in [9.17, 15) is 8.42 Å². The fourth-order valence-electron chi connectivity index (χ4n) is 4.44. The highest BCUT2D eigenvalue weighted by atomic mass is 32.2. The minimum atomic E-state index is -3.14. The third-order valence-electron chi connectivity index (χ3n) is 6.60. The zero-order valence-electron chi connectivity index (χ0n) is 18.7. The molecule has 170 valence electrons. The number of hydrogen-bond acceptors (Lipinski definition) is 7. The van der Waals surface area contributed by atoms with E-state index in [1.807, 2.05) is 12.1 Å². The van der Waals surface area contributed by atoms with Crippen molar-refractivity contribution in [2.75, 3.05) is 30.3 Å². The van der Waals surface area contributed by atoms with Crippen LogP contribution in [0.3, 0.4) is 0 Å². The quantitative estimate of drug-likeness (QED) is 0.573. The van der Waals surface area contributed by atoms with Crippen LogP contribution in [0.15, 0.2) is 33.7 Å². The highest BCUT2D eigenvalue weighted by molar-refractivity contribution is 7.91. The van der Waals surface area contributed by atoms with Gasteiger partial charge in [0.15, 0.2) is 15.7 Å². The monoisotopic (exact) mass is 447 g/mol. The van der Waals surface area contributed by atoms with Crippen molar-refractivity contribution in [3.05, 3.63) is 35.7 Å². The summed E-state index contributed by atoms with van der Waals surface area (Å²) in [6.45, 7) is 9.06. The lowest BCUT2D eigenvalue weighted by atomic mass is 9.91. The first-order valence-corrected chi connectivity index (χ1v) is 13.0. The summed E-state index contributed by atoms with van der Waals surface area (Å²) in [6, 6.07) is 7.73. The Bertz CT molecular complexity index is 963. The van der Waals surface area contributed by atoms with Gasteiger partial charge in [0.2, 0.25) is 0 Å². The van der Waals surface area contributed by atoms with Gasteiger partial charge in [-0.1, -0.05) is 38.1 Å². The van der Waals surface area contributed by atoms with Gasteiger partial charge in [-0.3, -0.25) is 0 Å². The van der Waals surface area contributed by atoms with Crippen molar-refractivity contribution < 1.29 is 17.7 Å². The van der Waals surface area contributed by atoms with Crippen molar-refractivity contribution >= 4 is 15.9 Å². The second-order valence-electron chi connectivity index (χ2n) is 9.14. The van der Waals surface area contributed by atoms with Gasteiger partial charge in [0.25, 0.3) is 0 Å². The number of aromatic nitrogens is 2. The Kier molecular flexibility index (Phi) is 6.67. The maximum Gasteiger partial charge on any atom is 0.324 e. The summed E-state index contributed by atoms with van der Waals surface area (Å²) in [5.41, 5.74) is 1.01. The van der Waals surface area contributed by atoms with Crippen molar-refractivity contribution in [2.45, 2.75) is 57.5 Å². The molecule has 2 atom stereocenters. The Morgan fingerprint density at radius 2 is 1.90 bits per heavy atom. The average Bonchev–Trinajstić information content (AvgIpc) is 3.37. The summed E-state index contributed by atoms with van der Waals surface area (Å²) in [5, 5.41) is 4.08. The minimum Gasteiger partial charge on any atom is -0.376 e. The van der Waals surface area contributed by atoms with Crippen LogP contribution in [0.1, 0.15) is 57.3 Å². The van der Waals surface area contributed by atoms with Crippen LogP contribution in [0.5, 0.6) is 0 Å². The van der Waals surface area contributed by atoms with Gasteiger partial charge in [0.1, 0.15) is 0 Å². The fourth-order valence-corrected chi connectivity index (χ4v) is 5.32. The Morgan fingerprint density at radius 3 is 2.52 bits per heavy atom. The molecule has 8 heteroatoms. The van der Waals surface area contributed by atoms with E-state index < -0.39 is 9.84 Å². The molecule has 1 aromatic carbocycles. The lowest BCUT2D eigenvalue weighted by Gasteiger charge is -2.30. The number of hydrogen-bond donors (Lipinski definition) is 0. The topological polar surface area (TPSA) is 85.5 Å². The third-order valence-corrected chi connectivity index (χ3v) is 8.35. The molecule has 31 heavy (non-hydrogen) atoms. The Labute approximate surface area is 185 Å². The SMILES string of the molecule is CCS(=O)(=O)c1ccc(COC[C@@H]2C[C@@H]2C2CCN(c3nc(C(C)C)no3)CC2)cc1. The molecule has 1 saturated heterocycles. The lowest BCUT2D eigenvalue weighted by Crippen LogP contribution is -2.34. The molecular formula is C23H33N3O4S. The molecule has 2 aliphatic rings. The second-order valence-corrected chi connectivity index (χ2v) is 11.4. The average molecular weight is 448 g/mol. The predicted molar refractivity (Wildman–Crippen MR) is 119 cm³/mol. The Hall–Kier alpha value is -1.93. The molecule has 2 fully saturated rings. The molecule has 2 aromatic rings. The molecule has 0 spiro atoms. The van der Waals surface area contributed by atoms with Crippen LogP contribution in [-0.2, 0) is 21.2 Å². The van der Waals surface area contributed by atoms with Crippen LogP contribution >= 0.6 is 0 Å². The van der Waals surface area contributed by atoms with Crippen LogP contribution in [0.25, 0.3) is 0 Å². The van der Waals surface area contributed by atoms with E-state index in [1.165, 1.54) is 6.42 Å². The van der Waals surface area contributed by atoms with Crippen molar-refractivity contribution in [3.63, 3.8) is 0 Å². The summed E-state index contributed by atoms with van der Waals surface area (Å²) < 4.78 is 35.2. The molecule has 0 unspecified atom stereocenters. The van der Waals surface area contributed by atoms with E-state index in [0.29, 0.717) is 23.4 Å². The lowest BCUT2D eigenvalue weighted by molar-refractivity contribution is 0.104. The van der Waals surface area contributed by atoms with Crippen LogP contribution in [0, 0.1) is 17.8 Å². The number of benzene rings is 1. The smallest absolute Gasteiger partial charge is 0.324 e. The molecule has 1 aliphatic heterocycles. The van der Waals surface area contributed by atoms with Crippen LogP contribution in [-0.4, -0.2) is 44.0 Å². The van der Waals surface area contributed by atoms with Gasteiger partial charge < -0.3 is 14.2 Å². The first-order chi connectivity index (χ1) is 14.9. The van der Waals surface area contributed by atoms with Gasteiger partial charge in [-0.15, -0.1) is 0 Å². The van der Waals surface area contributed by atoms with Crippen molar-refractivity contribution in [2.24, 2.45) is 17.8 Å². The van der Waals surface area contributed by atoms with E-state index in [0.717, 1.165) is 55.8 Å². The van der Waals surface area contributed by atoms with Crippen LogP contribution in [0.2, 0.25) is 0 Å². The highest BCUT2D eigenvalue weighted by Crippen LogP contribution is 2.48. The van der Waals surface area contributed by atoms with Crippen molar-refractivity contribution in [1.82, 2.24) is 10.1 Å². The second kappa shape index (κ2) is 9.28. The minimum absolute atomic E-state index is 0.124. The molecule has 1 aliphatic carbocycles. The van der Waals surface area contributed by atoms with Gasteiger partial charge >= 0.3 is 6.01 Å². The van der Waals surface area contributed by atoms with Gasteiger partial charge in [0.05, 0.1) is 23.9 Å². The number of piperidine rings is 1. The van der Waals surface area contributed by atoms with Gasteiger partial charge in [-0.05, 0) is 54.7 Å². The molecule has 0 amide bonds. The summed E-state index contributed by atoms with van der Waals surface area (Å²) in [5.74, 6) is 3.33. The first-order valence-electron chi connectivity index (χ1n) is 11.4. The number of rotatable bonds is 9. The molecule has 1 aromatic heterocycles. The number of ether oxygens (including phenoxy) is 1. The third kappa shape index (κ3) is 5.29. The number of anilines is 1. The fraction of sp³-hybridized carbons (Fsp3) is 0.652. The zero-order valence-corrected chi connectivity index (χ0v) is 19.5. The van der Waals surface area contributed by atoms with E-state index in [4.69, 9.17) is 9.26 Å². The molecule has 7 nitrogen and oxygen atoms in total. The number of sulfone groups is 1. The Morgan fingerprint density at radius 1 is 1.19 bits per heavy atom. The Balaban J connectivity index is 1.17. The van der Waals surface area contributed by atoms with E-state index in [2.05, 4.69) is 28.9 Å². The normalized spacial score (nSPS) is 22.3. The van der Waals surface area contributed by atoms with Crippen molar-refractivity contribution in [3.8, 4) is 0 Å². The molecule has 2 heterocycles. The molecule has 0 radical (unpaired) electrons. The van der Waals surface area contributed by atoms with E-state index in [1.54, 1.807) is 19.1 Å². The maximum atomic E-state index is 11.9. The van der Waals surface area contributed by atoms with Gasteiger partial charge in [-0.2, -0.15) is 4.98 Å². The zero-order chi connectivity index (χ0) is 22.0. The molecule has 0 N–H and O–H groups in total. The van der Waals surface area contributed by atoms with E-state index >= 15 is 0 Å². The summed E-state index contributed by atoms with van der Waals surface area (Å²) in [6.07, 6.45) is 3.57. The maximum absolute atomic E-state index is 11.9. The predicted octanol–water partition coefficient (Wildman–Crippen LogP) is 4.06. The molecule has 0 bridgehead atoms. The first kappa shape index (κ1) is 22.3.